The van der Waals surface area contributed by atoms with Crippen molar-refractivity contribution in [3.8, 4) is 0 Å². The van der Waals surface area contributed by atoms with Gasteiger partial charge in [-0.2, -0.15) is 0 Å². The van der Waals surface area contributed by atoms with Gasteiger partial charge in [0.1, 0.15) is 0 Å². The zero-order valence-corrected chi connectivity index (χ0v) is 12.1. The molecular weight excluding hydrogens is 206 g/mol. The van der Waals surface area contributed by atoms with E-state index in [9.17, 15) is 0 Å². The quantitative estimate of drug-likeness (QED) is 0.780. The van der Waals surface area contributed by atoms with Crippen LogP contribution in [0, 0.1) is 5.41 Å². The van der Waals surface area contributed by atoms with Crippen LogP contribution in [0.4, 0.5) is 5.69 Å². The van der Waals surface area contributed by atoms with E-state index in [-0.39, 0.29) is 0 Å². The van der Waals surface area contributed by atoms with Crippen LogP contribution < -0.4 is 5.32 Å². The Balaban J connectivity index is 2.74. The summed E-state index contributed by atoms with van der Waals surface area (Å²) in [5.74, 6) is 0. The van der Waals surface area contributed by atoms with E-state index in [0.29, 0.717) is 5.41 Å². The molecule has 0 bridgehead atoms. The molecule has 1 aromatic carbocycles. The highest BCUT2D eigenvalue weighted by Crippen LogP contribution is 2.24. The first-order valence-corrected chi connectivity index (χ1v) is 6.82. The van der Waals surface area contributed by atoms with E-state index in [1.807, 2.05) is 0 Å². The minimum Gasteiger partial charge on any atom is -0.385 e. The molecule has 0 atom stereocenters. The summed E-state index contributed by atoms with van der Waals surface area (Å²) >= 11 is 0. The average Bonchev–Trinajstić information content (AvgIpc) is 2.27. The molecule has 17 heavy (non-hydrogen) atoms. The zero-order valence-electron chi connectivity index (χ0n) is 12.1. The summed E-state index contributed by atoms with van der Waals surface area (Å²) in [6, 6.07) is 6.64. The van der Waals surface area contributed by atoms with Crippen molar-refractivity contribution >= 4 is 5.69 Å². The Morgan fingerprint density at radius 3 is 1.94 bits per heavy atom. The van der Waals surface area contributed by atoms with Gasteiger partial charge < -0.3 is 5.32 Å². The molecule has 1 heteroatoms. The lowest BCUT2D eigenvalue weighted by Crippen LogP contribution is -2.14. The monoisotopic (exact) mass is 233 g/mol. The van der Waals surface area contributed by atoms with Gasteiger partial charge in [0.25, 0.3) is 0 Å². The van der Waals surface area contributed by atoms with E-state index in [1.54, 1.807) is 0 Å². The number of hydrogen-bond donors (Lipinski definition) is 1. The second-order valence-electron chi connectivity index (χ2n) is 5.90. The second kappa shape index (κ2) is 6.09. The van der Waals surface area contributed by atoms with Crippen LogP contribution in [0.3, 0.4) is 0 Å². The Morgan fingerprint density at radius 2 is 1.53 bits per heavy atom. The molecule has 0 aliphatic heterocycles. The predicted molar refractivity (Wildman–Crippen MR) is 77.8 cm³/mol. The van der Waals surface area contributed by atoms with E-state index in [4.69, 9.17) is 0 Å². The van der Waals surface area contributed by atoms with E-state index in [2.05, 4.69) is 58.1 Å². The smallest absolute Gasteiger partial charge is 0.0405 e. The number of aryl methyl sites for hydroxylation is 2. The number of benzene rings is 1. The third kappa shape index (κ3) is 4.41. The molecule has 96 valence electrons. The van der Waals surface area contributed by atoms with Gasteiger partial charge >= 0.3 is 0 Å². The van der Waals surface area contributed by atoms with Crippen molar-refractivity contribution in [3.63, 3.8) is 0 Å². The molecule has 0 saturated carbocycles. The van der Waals surface area contributed by atoms with Crippen LogP contribution >= 0.6 is 0 Å². The average molecular weight is 233 g/mol. The summed E-state index contributed by atoms with van der Waals surface area (Å²) in [6.07, 6.45) is 3.41. The molecule has 0 amide bonds. The van der Waals surface area contributed by atoms with Gasteiger partial charge in [-0.05, 0) is 35.8 Å². The first kappa shape index (κ1) is 14.1. The van der Waals surface area contributed by atoms with Crippen molar-refractivity contribution in [2.45, 2.75) is 53.9 Å². The summed E-state index contributed by atoms with van der Waals surface area (Å²) in [4.78, 5) is 0. The van der Waals surface area contributed by atoms with Crippen molar-refractivity contribution in [1.29, 1.82) is 0 Å². The largest absolute Gasteiger partial charge is 0.385 e. The minimum absolute atomic E-state index is 0.403. The minimum atomic E-state index is 0.403. The maximum Gasteiger partial charge on any atom is 0.0405 e. The van der Waals surface area contributed by atoms with Crippen LogP contribution in [-0.4, -0.2) is 6.54 Å². The Labute approximate surface area is 107 Å². The molecule has 1 nitrogen and oxygen atoms in total. The van der Waals surface area contributed by atoms with Crippen LogP contribution in [0.5, 0.6) is 0 Å². The van der Waals surface area contributed by atoms with E-state index < -0.39 is 0 Å². The highest BCUT2D eigenvalue weighted by molar-refractivity contribution is 5.57. The van der Waals surface area contributed by atoms with Crippen LogP contribution in [-0.2, 0) is 12.8 Å². The molecule has 1 N–H and O–H groups in total. The van der Waals surface area contributed by atoms with Crippen molar-refractivity contribution < 1.29 is 0 Å². The Hall–Kier alpha value is -0.980. The molecule has 1 aromatic rings. The standard InChI is InChI=1S/C16H27N/c1-6-13-9-8-10-14(7-2)15(13)17-12-11-16(3,4)5/h8-10,17H,6-7,11-12H2,1-5H3. The van der Waals surface area contributed by atoms with Gasteiger partial charge in [0.15, 0.2) is 0 Å². The fourth-order valence-corrected chi connectivity index (χ4v) is 2.03. The number of anilines is 1. The predicted octanol–water partition coefficient (Wildman–Crippen LogP) is 4.66. The van der Waals surface area contributed by atoms with Crippen LogP contribution in [0.2, 0.25) is 0 Å². The Kier molecular flexibility index (Phi) is 5.04. The van der Waals surface area contributed by atoms with Gasteiger partial charge in [-0.25, -0.2) is 0 Å². The summed E-state index contributed by atoms with van der Waals surface area (Å²) in [5.41, 5.74) is 4.67. The van der Waals surface area contributed by atoms with Gasteiger partial charge in [-0.15, -0.1) is 0 Å². The van der Waals surface area contributed by atoms with Gasteiger partial charge in [-0.1, -0.05) is 52.8 Å². The zero-order chi connectivity index (χ0) is 12.9. The lowest BCUT2D eigenvalue weighted by atomic mass is 9.92. The second-order valence-corrected chi connectivity index (χ2v) is 5.90. The first-order valence-electron chi connectivity index (χ1n) is 6.82. The van der Waals surface area contributed by atoms with Crippen molar-refractivity contribution in [2.75, 3.05) is 11.9 Å². The lowest BCUT2D eigenvalue weighted by Gasteiger charge is -2.21. The molecule has 0 unspecified atom stereocenters. The number of hydrogen-bond acceptors (Lipinski definition) is 1. The van der Waals surface area contributed by atoms with Crippen LogP contribution in [0.15, 0.2) is 18.2 Å². The Morgan fingerprint density at radius 1 is 1.00 bits per heavy atom. The van der Waals surface area contributed by atoms with Crippen LogP contribution in [0.25, 0.3) is 0 Å². The van der Waals surface area contributed by atoms with E-state index in [1.165, 1.54) is 23.2 Å². The molecule has 0 aliphatic rings. The number of nitrogens with one attached hydrogen (secondary N) is 1. The normalized spacial score (nSPS) is 11.6. The first-order chi connectivity index (χ1) is 7.98. The van der Waals surface area contributed by atoms with Gasteiger partial charge in [0, 0.05) is 12.2 Å². The lowest BCUT2D eigenvalue weighted by molar-refractivity contribution is 0.389. The highest BCUT2D eigenvalue weighted by Gasteiger charge is 2.11. The molecule has 0 fully saturated rings. The molecular formula is C16H27N. The summed E-state index contributed by atoms with van der Waals surface area (Å²) in [5, 5.41) is 3.64. The highest BCUT2D eigenvalue weighted by atomic mass is 14.9. The van der Waals surface area contributed by atoms with E-state index in [0.717, 1.165) is 19.4 Å². The van der Waals surface area contributed by atoms with Gasteiger partial charge in [-0.3, -0.25) is 0 Å². The van der Waals surface area contributed by atoms with E-state index >= 15 is 0 Å². The molecule has 0 aliphatic carbocycles. The molecule has 0 heterocycles. The van der Waals surface area contributed by atoms with Crippen molar-refractivity contribution in [1.82, 2.24) is 0 Å². The Bertz CT molecular complexity index is 325. The topological polar surface area (TPSA) is 12.0 Å². The summed E-state index contributed by atoms with van der Waals surface area (Å²) < 4.78 is 0. The molecule has 0 radical (unpaired) electrons. The number of para-hydroxylation sites is 1. The molecule has 0 saturated heterocycles. The number of rotatable bonds is 5. The SMILES string of the molecule is CCc1cccc(CC)c1NCCC(C)(C)C. The molecule has 1 rings (SSSR count). The summed E-state index contributed by atoms with van der Waals surface area (Å²) in [6.45, 7) is 12.4. The van der Waals surface area contributed by atoms with Crippen molar-refractivity contribution in [3.05, 3.63) is 29.3 Å². The molecule has 0 aromatic heterocycles. The summed E-state index contributed by atoms with van der Waals surface area (Å²) in [7, 11) is 0. The third-order valence-corrected chi connectivity index (χ3v) is 3.18. The maximum absolute atomic E-state index is 3.64. The molecule has 0 spiro atoms. The fourth-order valence-electron chi connectivity index (χ4n) is 2.03. The third-order valence-electron chi connectivity index (χ3n) is 3.18. The maximum atomic E-state index is 3.64. The van der Waals surface area contributed by atoms with Crippen LogP contribution in [0.1, 0.15) is 52.2 Å². The fraction of sp³-hybridized carbons (Fsp3) is 0.625. The van der Waals surface area contributed by atoms with Gasteiger partial charge in [0.05, 0.1) is 0 Å². The van der Waals surface area contributed by atoms with Crippen molar-refractivity contribution in [2.24, 2.45) is 5.41 Å². The van der Waals surface area contributed by atoms with Gasteiger partial charge in [0.2, 0.25) is 0 Å².